The van der Waals surface area contributed by atoms with Crippen LogP contribution in [-0.2, 0) is 14.1 Å². The van der Waals surface area contributed by atoms with Crippen LogP contribution in [0.15, 0.2) is 18.2 Å². The van der Waals surface area contributed by atoms with Gasteiger partial charge in [0.2, 0.25) is 0 Å². The number of rotatable bonds is 1. The normalized spacial score (nSPS) is 11.4. The van der Waals surface area contributed by atoms with Crippen LogP contribution in [0.25, 0.3) is 22.2 Å². The highest BCUT2D eigenvalue weighted by atomic mass is 15.3. The van der Waals surface area contributed by atoms with Gasteiger partial charge in [-0.1, -0.05) is 6.07 Å². The fourth-order valence-corrected chi connectivity index (χ4v) is 2.98. The molecule has 3 rings (SSSR count). The maximum atomic E-state index is 5.93. The van der Waals surface area contributed by atoms with Crippen molar-refractivity contribution in [1.82, 2.24) is 14.3 Å². The number of nitrogens with zero attached hydrogens (tertiary/aromatic N) is 3. The van der Waals surface area contributed by atoms with Gasteiger partial charge in [-0.2, -0.15) is 5.10 Å². The molecule has 2 aromatic heterocycles. The first-order valence-corrected chi connectivity index (χ1v) is 6.76. The van der Waals surface area contributed by atoms with E-state index in [-0.39, 0.29) is 0 Å². The van der Waals surface area contributed by atoms with Crippen molar-refractivity contribution in [2.45, 2.75) is 20.8 Å². The average Bonchev–Trinajstić information content (AvgIpc) is 2.81. The number of aryl methyl sites for hydroxylation is 4. The summed E-state index contributed by atoms with van der Waals surface area (Å²) in [6.07, 6.45) is 0. The van der Waals surface area contributed by atoms with E-state index >= 15 is 0 Å². The molecule has 0 amide bonds. The Morgan fingerprint density at radius 1 is 1.05 bits per heavy atom. The van der Waals surface area contributed by atoms with E-state index in [1.165, 1.54) is 33.3 Å². The molecule has 0 fully saturated rings. The van der Waals surface area contributed by atoms with Crippen LogP contribution in [0.2, 0.25) is 0 Å². The molecule has 4 heteroatoms. The van der Waals surface area contributed by atoms with Crippen molar-refractivity contribution in [3.05, 3.63) is 35.0 Å². The summed E-state index contributed by atoms with van der Waals surface area (Å²) in [6.45, 7) is 6.42. The molecule has 0 aliphatic heterocycles. The van der Waals surface area contributed by atoms with Gasteiger partial charge in [0.25, 0.3) is 0 Å². The first kappa shape index (κ1) is 12.8. The molecule has 2 N–H and O–H groups in total. The summed E-state index contributed by atoms with van der Waals surface area (Å²) in [5, 5.41) is 5.82. The molecule has 0 saturated carbocycles. The molecule has 0 bridgehead atoms. The number of hydrogen-bond donors (Lipinski definition) is 1. The molecule has 20 heavy (non-hydrogen) atoms. The number of hydrogen-bond acceptors (Lipinski definition) is 2. The molecule has 2 heterocycles. The number of fused-ring (bicyclic) bond motifs is 1. The summed E-state index contributed by atoms with van der Waals surface area (Å²) in [6, 6.07) is 6.39. The van der Waals surface area contributed by atoms with Crippen LogP contribution >= 0.6 is 0 Å². The monoisotopic (exact) mass is 268 g/mol. The maximum absolute atomic E-state index is 5.93. The zero-order valence-electron chi connectivity index (χ0n) is 12.7. The van der Waals surface area contributed by atoms with Gasteiger partial charge in [-0.25, -0.2) is 0 Å². The van der Waals surface area contributed by atoms with Gasteiger partial charge in [0.1, 0.15) is 5.82 Å². The molecule has 0 saturated heterocycles. The van der Waals surface area contributed by atoms with Crippen LogP contribution in [0, 0.1) is 20.8 Å². The Labute approximate surface area is 118 Å². The molecular formula is C16H20N4. The Morgan fingerprint density at radius 2 is 1.75 bits per heavy atom. The second-order valence-corrected chi connectivity index (χ2v) is 5.57. The molecule has 0 aliphatic rings. The van der Waals surface area contributed by atoms with Gasteiger partial charge in [-0.15, -0.1) is 0 Å². The van der Waals surface area contributed by atoms with E-state index in [1.54, 1.807) is 4.68 Å². The zero-order valence-corrected chi connectivity index (χ0v) is 12.7. The van der Waals surface area contributed by atoms with Gasteiger partial charge in [-0.3, -0.25) is 4.68 Å². The molecule has 0 radical (unpaired) electrons. The Bertz CT molecular complexity index is 801. The minimum absolute atomic E-state index is 0.682. The van der Waals surface area contributed by atoms with E-state index in [9.17, 15) is 0 Å². The lowest BCUT2D eigenvalue weighted by atomic mass is 10.0. The van der Waals surface area contributed by atoms with Crippen molar-refractivity contribution in [1.29, 1.82) is 0 Å². The van der Waals surface area contributed by atoms with Gasteiger partial charge in [0, 0.05) is 42.3 Å². The van der Waals surface area contributed by atoms with Crippen molar-refractivity contribution in [3.8, 4) is 11.3 Å². The van der Waals surface area contributed by atoms with Gasteiger partial charge < -0.3 is 10.3 Å². The molecule has 3 aromatic rings. The Hall–Kier alpha value is -2.23. The summed E-state index contributed by atoms with van der Waals surface area (Å²) in [5.41, 5.74) is 13.1. The van der Waals surface area contributed by atoms with E-state index in [2.05, 4.69) is 49.6 Å². The highest BCUT2D eigenvalue weighted by Crippen LogP contribution is 2.36. The fraction of sp³-hybridized carbons (Fsp3) is 0.312. The second kappa shape index (κ2) is 4.13. The highest BCUT2D eigenvalue weighted by molar-refractivity contribution is 6.00. The SMILES string of the molecule is Cc1cc(C)c2c(-c3cc(N)n(C)n3)c(C)n(C)c2c1. The highest BCUT2D eigenvalue weighted by Gasteiger charge is 2.18. The molecule has 1 aromatic carbocycles. The van der Waals surface area contributed by atoms with Crippen LogP contribution < -0.4 is 5.73 Å². The minimum Gasteiger partial charge on any atom is -0.384 e. The fourth-order valence-electron chi connectivity index (χ4n) is 2.98. The number of aromatic nitrogens is 3. The summed E-state index contributed by atoms with van der Waals surface area (Å²) < 4.78 is 3.95. The second-order valence-electron chi connectivity index (χ2n) is 5.57. The van der Waals surface area contributed by atoms with Crippen molar-refractivity contribution in [3.63, 3.8) is 0 Å². The largest absolute Gasteiger partial charge is 0.384 e. The van der Waals surface area contributed by atoms with Crippen LogP contribution in [0.1, 0.15) is 16.8 Å². The standard InChI is InChI=1S/C16H20N4/c1-9-6-10(2)15-13(7-9)19(4)11(3)16(15)12-8-14(17)20(5)18-12/h6-8H,17H2,1-5H3. The number of anilines is 1. The van der Waals surface area contributed by atoms with Gasteiger partial charge >= 0.3 is 0 Å². The molecule has 0 unspecified atom stereocenters. The van der Waals surface area contributed by atoms with Crippen LogP contribution in [-0.4, -0.2) is 14.3 Å². The third-order valence-corrected chi connectivity index (χ3v) is 4.11. The minimum atomic E-state index is 0.682. The number of nitrogens with two attached hydrogens (primary N) is 1. The van der Waals surface area contributed by atoms with Crippen LogP contribution in [0.3, 0.4) is 0 Å². The number of benzene rings is 1. The zero-order chi connectivity index (χ0) is 14.6. The lowest BCUT2D eigenvalue weighted by Crippen LogP contribution is -1.96. The van der Waals surface area contributed by atoms with Crippen molar-refractivity contribution in [2.75, 3.05) is 5.73 Å². The van der Waals surface area contributed by atoms with E-state index in [0.717, 1.165) is 5.69 Å². The summed E-state index contributed by atoms with van der Waals surface area (Å²) in [5.74, 6) is 0.682. The predicted octanol–water partition coefficient (Wildman–Crippen LogP) is 3.09. The summed E-state index contributed by atoms with van der Waals surface area (Å²) in [7, 11) is 3.97. The molecule has 0 atom stereocenters. The molecule has 104 valence electrons. The Morgan fingerprint density at radius 3 is 2.35 bits per heavy atom. The lowest BCUT2D eigenvalue weighted by molar-refractivity contribution is 0.782. The third-order valence-electron chi connectivity index (χ3n) is 4.11. The van der Waals surface area contributed by atoms with Crippen LogP contribution in [0.4, 0.5) is 5.82 Å². The van der Waals surface area contributed by atoms with Crippen molar-refractivity contribution in [2.24, 2.45) is 14.1 Å². The average molecular weight is 268 g/mol. The van der Waals surface area contributed by atoms with E-state index in [0.29, 0.717) is 5.82 Å². The summed E-state index contributed by atoms with van der Waals surface area (Å²) >= 11 is 0. The quantitative estimate of drug-likeness (QED) is 0.737. The Kier molecular flexibility index (Phi) is 2.64. The Balaban J connectivity index is 2.44. The van der Waals surface area contributed by atoms with Crippen LogP contribution in [0.5, 0.6) is 0 Å². The first-order valence-electron chi connectivity index (χ1n) is 6.76. The number of nitrogen functional groups attached to an aromatic ring is 1. The smallest absolute Gasteiger partial charge is 0.121 e. The van der Waals surface area contributed by atoms with E-state index in [4.69, 9.17) is 5.73 Å². The molecular weight excluding hydrogens is 248 g/mol. The lowest BCUT2D eigenvalue weighted by Gasteiger charge is -2.02. The molecule has 0 aliphatic carbocycles. The first-order chi connectivity index (χ1) is 9.40. The van der Waals surface area contributed by atoms with Gasteiger partial charge in [-0.05, 0) is 38.0 Å². The van der Waals surface area contributed by atoms with Gasteiger partial charge in [0.15, 0.2) is 0 Å². The van der Waals surface area contributed by atoms with Crippen molar-refractivity contribution < 1.29 is 0 Å². The van der Waals surface area contributed by atoms with Gasteiger partial charge in [0.05, 0.1) is 5.69 Å². The maximum Gasteiger partial charge on any atom is 0.121 e. The topological polar surface area (TPSA) is 48.8 Å². The molecule has 0 spiro atoms. The van der Waals surface area contributed by atoms with E-state index < -0.39 is 0 Å². The molecule has 4 nitrogen and oxygen atoms in total. The van der Waals surface area contributed by atoms with Crippen molar-refractivity contribution >= 4 is 16.7 Å². The van der Waals surface area contributed by atoms with E-state index in [1.807, 2.05) is 13.1 Å². The third kappa shape index (κ3) is 1.64. The predicted molar refractivity (Wildman–Crippen MR) is 83.7 cm³/mol. The summed E-state index contributed by atoms with van der Waals surface area (Å²) in [4.78, 5) is 0.